The van der Waals surface area contributed by atoms with Gasteiger partial charge in [0, 0.05) is 11.8 Å². The molecule has 19 heavy (non-hydrogen) atoms. The van der Waals surface area contributed by atoms with Crippen molar-refractivity contribution in [2.45, 2.75) is 11.3 Å². The predicted molar refractivity (Wildman–Crippen MR) is 73.6 cm³/mol. The number of allylic oxidation sites excluding steroid dienone is 1. The van der Waals surface area contributed by atoms with Crippen LogP contribution >= 0.6 is 0 Å². The summed E-state index contributed by atoms with van der Waals surface area (Å²) in [7, 11) is -3.45. The summed E-state index contributed by atoms with van der Waals surface area (Å²) >= 11 is 0. The Kier molecular flexibility index (Phi) is 4.44. The Labute approximate surface area is 111 Å². The number of guanidine groups is 1. The summed E-state index contributed by atoms with van der Waals surface area (Å²) in [5, 5.41) is 0. The Hall–Kier alpha value is -2.15. The third kappa shape index (κ3) is 3.92. The number of benzene rings is 1. The number of nitrogens with zero attached hydrogens (tertiary/aromatic N) is 1. The number of hydrogen-bond donors (Lipinski definition) is 2. The van der Waals surface area contributed by atoms with Crippen molar-refractivity contribution in [2.75, 3.05) is 6.26 Å². The quantitative estimate of drug-likeness (QED) is 0.465. The van der Waals surface area contributed by atoms with Crippen LogP contribution in [0.1, 0.15) is 15.9 Å². The average Bonchev–Trinajstić information content (AvgIpc) is 2.27. The maximum absolute atomic E-state index is 11.7. The lowest BCUT2D eigenvalue weighted by atomic mass is 10.1. The first kappa shape index (κ1) is 14.9. The lowest BCUT2D eigenvalue weighted by Gasteiger charge is -2.07. The highest BCUT2D eigenvalue weighted by molar-refractivity contribution is 7.90. The van der Waals surface area contributed by atoms with Gasteiger partial charge < -0.3 is 11.5 Å². The van der Waals surface area contributed by atoms with Crippen LogP contribution < -0.4 is 11.5 Å². The number of nitrogens with two attached hydrogens (primary N) is 2. The summed E-state index contributed by atoms with van der Waals surface area (Å²) in [5.41, 5.74) is 10.9. The summed E-state index contributed by atoms with van der Waals surface area (Å²) in [6, 6.07) is 4.29. The second-order valence-electron chi connectivity index (χ2n) is 3.93. The van der Waals surface area contributed by atoms with E-state index in [2.05, 4.69) is 11.6 Å². The smallest absolute Gasteiger partial charge is 0.280 e. The van der Waals surface area contributed by atoms with Gasteiger partial charge in [-0.25, -0.2) is 8.42 Å². The van der Waals surface area contributed by atoms with Crippen LogP contribution in [0.3, 0.4) is 0 Å². The van der Waals surface area contributed by atoms with E-state index in [0.29, 0.717) is 12.0 Å². The topological polar surface area (TPSA) is 116 Å². The highest BCUT2D eigenvalue weighted by Crippen LogP contribution is 2.19. The molecule has 0 bridgehead atoms. The monoisotopic (exact) mass is 281 g/mol. The predicted octanol–water partition coefficient (Wildman–Crippen LogP) is 0.232. The highest BCUT2D eigenvalue weighted by atomic mass is 32.2. The molecule has 0 saturated carbocycles. The number of amides is 1. The van der Waals surface area contributed by atoms with Gasteiger partial charge in [0.25, 0.3) is 5.91 Å². The van der Waals surface area contributed by atoms with Crippen molar-refractivity contribution in [3.63, 3.8) is 0 Å². The first-order valence-corrected chi connectivity index (χ1v) is 7.22. The number of carbonyl (C=O) groups is 1. The summed E-state index contributed by atoms with van der Waals surface area (Å²) in [5.74, 6) is -1.06. The molecule has 0 radical (unpaired) electrons. The molecule has 1 rings (SSSR count). The summed E-state index contributed by atoms with van der Waals surface area (Å²) in [6.45, 7) is 3.56. The Morgan fingerprint density at radius 1 is 1.42 bits per heavy atom. The lowest BCUT2D eigenvalue weighted by Crippen LogP contribution is -2.24. The molecule has 0 aliphatic heterocycles. The van der Waals surface area contributed by atoms with Gasteiger partial charge in [0.15, 0.2) is 15.8 Å². The molecule has 0 aliphatic rings. The van der Waals surface area contributed by atoms with E-state index in [1.165, 1.54) is 12.1 Å². The maximum atomic E-state index is 11.7. The van der Waals surface area contributed by atoms with Crippen LogP contribution in [0.25, 0.3) is 0 Å². The molecular formula is C12H15N3O3S. The van der Waals surface area contributed by atoms with Crippen molar-refractivity contribution >= 4 is 21.7 Å². The van der Waals surface area contributed by atoms with E-state index in [1.807, 2.05) is 0 Å². The fraction of sp³-hybridized carbons (Fsp3) is 0.167. The van der Waals surface area contributed by atoms with Crippen molar-refractivity contribution in [3.8, 4) is 0 Å². The first-order chi connectivity index (χ1) is 8.75. The molecule has 102 valence electrons. The minimum atomic E-state index is -3.45. The SMILES string of the molecule is C=CCc1ccc(C(=O)N=C(N)N)cc1S(C)(=O)=O. The van der Waals surface area contributed by atoms with Crippen molar-refractivity contribution in [2.24, 2.45) is 16.5 Å². The summed E-state index contributed by atoms with van der Waals surface area (Å²) in [4.78, 5) is 15.1. The number of sulfone groups is 1. The van der Waals surface area contributed by atoms with Crippen molar-refractivity contribution in [1.29, 1.82) is 0 Å². The van der Waals surface area contributed by atoms with Crippen LogP contribution in [0, 0.1) is 0 Å². The lowest BCUT2D eigenvalue weighted by molar-refractivity contribution is 0.100. The second-order valence-corrected chi connectivity index (χ2v) is 5.91. The van der Waals surface area contributed by atoms with Crippen LogP contribution in [-0.4, -0.2) is 26.5 Å². The fourth-order valence-corrected chi connectivity index (χ4v) is 2.51. The van der Waals surface area contributed by atoms with Gasteiger partial charge in [-0.15, -0.1) is 6.58 Å². The van der Waals surface area contributed by atoms with E-state index in [4.69, 9.17) is 11.5 Å². The van der Waals surface area contributed by atoms with E-state index < -0.39 is 15.7 Å². The van der Waals surface area contributed by atoms with Gasteiger partial charge in [-0.05, 0) is 24.1 Å². The Morgan fingerprint density at radius 2 is 2.05 bits per heavy atom. The molecule has 0 spiro atoms. The van der Waals surface area contributed by atoms with Crippen LogP contribution in [0.15, 0.2) is 40.7 Å². The van der Waals surface area contributed by atoms with E-state index in [9.17, 15) is 13.2 Å². The zero-order valence-corrected chi connectivity index (χ0v) is 11.3. The van der Waals surface area contributed by atoms with Gasteiger partial charge in [0.1, 0.15) is 0 Å². The van der Waals surface area contributed by atoms with Crippen molar-refractivity contribution in [1.82, 2.24) is 0 Å². The Bertz CT molecular complexity index is 644. The molecular weight excluding hydrogens is 266 g/mol. The van der Waals surface area contributed by atoms with Gasteiger partial charge in [-0.2, -0.15) is 4.99 Å². The van der Waals surface area contributed by atoms with Crippen molar-refractivity contribution < 1.29 is 13.2 Å². The number of rotatable bonds is 4. The van der Waals surface area contributed by atoms with Crippen LogP contribution in [0.2, 0.25) is 0 Å². The molecule has 0 unspecified atom stereocenters. The molecule has 0 heterocycles. The molecule has 0 atom stereocenters. The van der Waals surface area contributed by atoms with Crippen LogP contribution in [0.4, 0.5) is 0 Å². The Balaban J connectivity index is 3.38. The maximum Gasteiger partial charge on any atom is 0.280 e. The van der Waals surface area contributed by atoms with Crippen LogP contribution in [0.5, 0.6) is 0 Å². The summed E-state index contributed by atoms with van der Waals surface area (Å²) < 4.78 is 23.4. The largest absolute Gasteiger partial charge is 0.370 e. The molecule has 1 amide bonds. The van der Waals surface area contributed by atoms with E-state index in [1.54, 1.807) is 12.1 Å². The fourth-order valence-electron chi connectivity index (χ4n) is 1.54. The van der Waals surface area contributed by atoms with E-state index in [0.717, 1.165) is 6.26 Å². The van der Waals surface area contributed by atoms with Gasteiger partial charge in [-0.3, -0.25) is 4.79 Å². The van der Waals surface area contributed by atoms with E-state index in [-0.39, 0.29) is 16.4 Å². The molecule has 0 aromatic heterocycles. The first-order valence-electron chi connectivity index (χ1n) is 5.33. The molecule has 6 nitrogen and oxygen atoms in total. The molecule has 0 fully saturated rings. The van der Waals surface area contributed by atoms with Gasteiger partial charge in [0.05, 0.1) is 4.90 Å². The third-order valence-corrected chi connectivity index (χ3v) is 3.49. The summed E-state index contributed by atoms with van der Waals surface area (Å²) in [6.07, 6.45) is 3.05. The molecule has 0 aliphatic carbocycles. The highest BCUT2D eigenvalue weighted by Gasteiger charge is 2.16. The standard InChI is InChI=1S/C12H15N3O3S/c1-3-4-8-5-6-9(11(16)15-12(13)14)7-10(8)19(2,17)18/h3,5-7H,1,4H2,2H3,(H4,13,14,15,16). The molecule has 1 aromatic rings. The Morgan fingerprint density at radius 3 is 2.53 bits per heavy atom. The molecule has 7 heteroatoms. The minimum absolute atomic E-state index is 0.0732. The second kappa shape index (κ2) is 5.66. The van der Waals surface area contributed by atoms with E-state index >= 15 is 0 Å². The number of hydrogen-bond acceptors (Lipinski definition) is 3. The van der Waals surface area contributed by atoms with Crippen LogP contribution in [-0.2, 0) is 16.3 Å². The normalized spacial score (nSPS) is 10.8. The molecule has 1 aromatic carbocycles. The molecule has 4 N–H and O–H groups in total. The van der Waals surface area contributed by atoms with Crippen molar-refractivity contribution in [3.05, 3.63) is 42.0 Å². The van der Waals surface area contributed by atoms with Gasteiger partial charge >= 0.3 is 0 Å². The minimum Gasteiger partial charge on any atom is -0.370 e. The number of aliphatic imine (C=N–C) groups is 1. The van der Waals surface area contributed by atoms with Gasteiger partial charge in [0.2, 0.25) is 0 Å². The zero-order valence-electron chi connectivity index (χ0n) is 10.5. The zero-order chi connectivity index (χ0) is 14.6. The third-order valence-electron chi connectivity index (χ3n) is 2.31. The molecule has 0 saturated heterocycles. The number of carbonyl (C=O) groups excluding carboxylic acids is 1. The van der Waals surface area contributed by atoms with Gasteiger partial charge in [-0.1, -0.05) is 12.1 Å². The average molecular weight is 281 g/mol.